The zero-order chi connectivity index (χ0) is 14.7. The second-order valence-electron chi connectivity index (χ2n) is 5.34. The molecule has 0 unspecified atom stereocenters. The Bertz CT molecular complexity index is 710. The molecule has 0 saturated carbocycles. The molecule has 0 radical (unpaired) electrons. The molecule has 3 rings (SSSR count). The quantitative estimate of drug-likeness (QED) is 0.778. The van der Waals surface area contributed by atoms with Gasteiger partial charge < -0.3 is 9.88 Å². The van der Waals surface area contributed by atoms with E-state index in [9.17, 15) is 0 Å². The Morgan fingerprint density at radius 2 is 1.81 bits per heavy atom. The van der Waals surface area contributed by atoms with Crippen LogP contribution >= 0.6 is 0 Å². The summed E-state index contributed by atoms with van der Waals surface area (Å²) in [6.45, 7) is 5.08. The van der Waals surface area contributed by atoms with Gasteiger partial charge >= 0.3 is 0 Å². The van der Waals surface area contributed by atoms with E-state index in [0.717, 1.165) is 17.9 Å². The smallest absolute Gasteiger partial charge is 0.0992 e. The van der Waals surface area contributed by atoms with Crippen LogP contribution in [0.2, 0.25) is 0 Å². The van der Waals surface area contributed by atoms with Crippen molar-refractivity contribution in [3.05, 3.63) is 77.9 Å². The zero-order valence-corrected chi connectivity index (χ0v) is 12.4. The van der Waals surface area contributed by atoms with E-state index in [1.54, 1.807) is 6.20 Å². The van der Waals surface area contributed by atoms with E-state index in [4.69, 9.17) is 0 Å². The number of rotatable bonds is 4. The largest absolute Gasteiger partial charge is 0.379 e. The van der Waals surface area contributed by atoms with Crippen LogP contribution < -0.4 is 5.32 Å². The number of imidazole rings is 1. The maximum Gasteiger partial charge on any atom is 0.0992 e. The fourth-order valence-electron chi connectivity index (χ4n) is 2.62. The molecule has 0 atom stereocenters. The monoisotopic (exact) mass is 277 g/mol. The van der Waals surface area contributed by atoms with Crippen LogP contribution in [0.5, 0.6) is 0 Å². The third-order valence-corrected chi connectivity index (χ3v) is 3.45. The van der Waals surface area contributed by atoms with Gasteiger partial charge in [0.2, 0.25) is 0 Å². The average molecular weight is 277 g/mol. The fourth-order valence-corrected chi connectivity index (χ4v) is 2.62. The maximum absolute atomic E-state index is 4.12. The molecule has 0 saturated heterocycles. The maximum atomic E-state index is 4.12. The lowest BCUT2D eigenvalue weighted by atomic mass is 10.1. The molecule has 3 heteroatoms. The molecule has 0 amide bonds. The Balaban J connectivity index is 1.82. The average Bonchev–Trinajstić information content (AvgIpc) is 2.98. The van der Waals surface area contributed by atoms with E-state index in [1.165, 1.54) is 16.7 Å². The van der Waals surface area contributed by atoms with Crippen molar-refractivity contribution < 1.29 is 0 Å². The number of hydrogen-bond acceptors (Lipinski definition) is 2. The van der Waals surface area contributed by atoms with Crippen molar-refractivity contribution in [2.24, 2.45) is 0 Å². The zero-order valence-electron chi connectivity index (χ0n) is 12.4. The molecule has 106 valence electrons. The van der Waals surface area contributed by atoms with Crippen LogP contribution in [0.25, 0.3) is 5.69 Å². The van der Waals surface area contributed by atoms with Gasteiger partial charge in [-0.3, -0.25) is 0 Å². The SMILES string of the molecule is Cc1cc(C)cc(CNc2ccccc2-n2ccnc2)c1. The summed E-state index contributed by atoms with van der Waals surface area (Å²) in [5, 5.41) is 3.52. The Kier molecular flexibility index (Phi) is 3.73. The van der Waals surface area contributed by atoms with Crippen LogP contribution in [-0.4, -0.2) is 9.55 Å². The molecule has 1 aromatic heterocycles. The van der Waals surface area contributed by atoms with Crippen molar-refractivity contribution in [2.75, 3.05) is 5.32 Å². The molecular formula is C18H19N3. The normalized spacial score (nSPS) is 10.6. The van der Waals surface area contributed by atoms with Gasteiger partial charge in [0.25, 0.3) is 0 Å². The standard InChI is InChI=1S/C18H19N3/c1-14-9-15(2)11-16(10-14)12-20-17-5-3-4-6-18(17)21-8-7-19-13-21/h3-11,13,20H,12H2,1-2H3. The molecule has 0 bridgehead atoms. The van der Waals surface area contributed by atoms with Crippen LogP contribution in [0.3, 0.4) is 0 Å². The third kappa shape index (κ3) is 3.14. The molecule has 0 spiro atoms. The minimum Gasteiger partial charge on any atom is -0.379 e. The van der Waals surface area contributed by atoms with Gasteiger partial charge in [-0.1, -0.05) is 41.5 Å². The van der Waals surface area contributed by atoms with Gasteiger partial charge in [0.1, 0.15) is 0 Å². The van der Waals surface area contributed by atoms with E-state index in [1.807, 2.05) is 29.2 Å². The molecule has 3 aromatic rings. The second kappa shape index (κ2) is 5.83. The van der Waals surface area contributed by atoms with Gasteiger partial charge in [-0.2, -0.15) is 0 Å². The lowest BCUT2D eigenvalue weighted by molar-refractivity contribution is 1.04. The van der Waals surface area contributed by atoms with Crippen LogP contribution in [-0.2, 0) is 6.54 Å². The molecule has 1 N–H and O–H groups in total. The molecule has 0 aliphatic carbocycles. The van der Waals surface area contributed by atoms with Crippen LogP contribution in [0.1, 0.15) is 16.7 Å². The Hall–Kier alpha value is -2.55. The van der Waals surface area contributed by atoms with Crippen molar-refractivity contribution in [1.82, 2.24) is 9.55 Å². The summed E-state index contributed by atoms with van der Waals surface area (Å²) < 4.78 is 2.02. The molecule has 1 heterocycles. The minimum absolute atomic E-state index is 0.814. The van der Waals surface area contributed by atoms with Crippen LogP contribution in [0.15, 0.2) is 61.2 Å². The van der Waals surface area contributed by atoms with E-state index < -0.39 is 0 Å². The first kappa shape index (κ1) is 13.4. The van der Waals surface area contributed by atoms with Gasteiger partial charge in [0.05, 0.1) is 17.7 Å². The lowest BCUT2D eigenvalue weighted by Gasteiger charge is -2.13. The first-order chi connectivity index (χ1) is 10.2. The van der Waals surface area contributed by atoms with Gasteiger partial charge in [0, 0.05) is 18.9 Å². The highest BCUT2D eigenvalue weighted by molar-refractivity contribution is 5.61. The van der Waals surface area contributed by atoms with Gasteiger partial charge in [-0.05, 0) is 31.5 Å². The Morgan fingerprint density at radius 3 is 2.52 bits per heavy atom. The Labute approximate surface area is 125 Å². The summed E-state index contributed by atoms with van der Waals surface area (Å²) >= 11 is 0. The van der Waals surface area contributed by atoms with Gasteiger partial charge in [-0.25, -0.2) is 4.98 Å². The van der Waals surface area contributed by atoms with E-state index >= 15 is 0 Å². The van der Waals surface area contributed by atoms with E-state index in [0.29, 0.717) is 0 Å². The highest BCUT2D eigenvalue weighted by Gasteiger charge is 2.03. The number of nitrogens with one attached hydrogen (secondary N) is 1. The minimum atomic E-state index is 0.814. The first-order valence-corrected chi connectivity index (χ1v) is 7.11. The van der Waals surface area contributed by atoms with Gasteiger partial charge in [0.15, 0.2) is 0 Å². The number of hydrogen-bond donors (Lipinski definition) is 1. The molecular weight excluding hydrogens is 258 g/mol. The summed E-state index contributed by atoms with van der Waals surface area (Å²) in [6.07, 6.45) is 5.56. The number of benzene rings is 2. The molecule has 0 aliphatic heterocycles. The number of para-hydroxylation sites is 2. The second-order valence-corrected chi connectivity index (χ2v) is 5.34. The molecule has 0 aliphatic rings. The molecule has 0 fully saturated rings. The summed E-state index contributed by atoms with van der Waals surface area (Å²) in [6, 6.07) is 14.9. The predicted octanol–water partition coefficient (Wildman–Crippen LogP) is 4.10. The predicted molar refractivity (Wildman–Crippen MR) is 86.8 cm³/mol. The van der Waals surface area contributed by atoms with Crippen molar-refractivity contribution >= 4 is 5.69 Å². The van der Waals surface area contributed by atoms with Gasteiger partial charge in [-0.15, -0.1) is 0 Å². The topological polar surface area (TPSA) is 29.9 Å². The highest BCUT2D eigenvalue weighted by atomic mass is 15.0. The molecule has 2 aromatic carbocycles. The van der Waals surface area contributed by atoms with Crippen molar-refractivity contribution in [1.29, 1.82) is 0 Å². The number of nitrogens with zero attached hydrogens (tertiary/aromatic N) is 2. The van der Waals surface area contributed by atoms with Crippen molar-refractivity contribution in [3.8, 4) is 5.69 Å². The summed E-state index contributed by atoms with van der Waals surface area (Å²) in [5.41, 5.74) is 6.12. The number of anilines is 1. The molecule has 3 nitrogen and oxygen atoms in total. The van der Waals surface area contributed by atoms with Crippen LogP contribution in [0.4, 0.5) is 5.69 Å². The van der Waals surface area contributed by atoms with E-state index in [-0.39, 0.29) is 0 Å². The van der Waals surface area contributed by atoms with Crippen molar-refractivity contribution in [2.45, 2.75) is 20.4 Å². The highest BCUT2D eigenvalue weighted by Crippen LogP contribution is 2.20. The van der Waals surface area contributed by atoms with Crippen molar-refractivity contribution in [3.63, 3.8) is 0 Å². The Morgan fingerprint density at radius 1 is 1.05 bits per heavy atom. The summed E-state index contributed by atoms with van der Waals surface area (Å²) in [5.74, 6) is 0. The van der Waals surface area contributed by atoms with Crippen LogP contribution in [0, 0.1) is 13.8 Å². The summed E-state index contributed by atoms with van der Waals surface area (Å²) in [7, 11) is 0. The lowest BCUT2D eigenvalue weighted by Crippen LogP contribution is -2.04. The first-order valence-electron chi connectivity index (χ1n) is 7.11. The number of aromatic nitrogens is 2. The number of aryl methyl sites for hydroxylation is 2. The fraction of sp³-hybridized carbons (Fsp3) is 0.167. The third-order valence-electron chi connectivity index (χ3n) is 3.45. The summed E-state index contributed by atoms with van der Waals surface area (Å²) in [4.78, 5) is 4.12. The molecule has 21 heavy (non-hydrogen) atoms. The van der Waals surface area contributed by atoms with E-state index in [2.05, 4.69) is 54.5 Å².